The Kier molecular flexibility index (Phi) is 8.83. The molecule has 16 heteroatoms. The van der Waals surface area contributed by atoms with Gasteiger partial charge in [-0.25, -0.2) is 14.1 Å². The van der Waals surface area contributed by atoms with Crippen LogP contribution in [-0.2, 0) is 14.3 Å². The Labute approximate surface area is 229 Å². The summed E-state index contributed by atoms with van der Waals surface area (Å²) >= 11 is 10.0. The van der Waals surface area contributed by atoms with Crippen molar-refractivity contribution in [2.24, 2.45) is 0 Å². The molecule has 2 heterocycles. The zero-order valence-electron chi connectivity index (χ0n) is 18.7. The first-order valence-electron chi connectivity index (χ1n) is 10.5. The van der Waals surface area contributed by atoms with Crippen LogP contribution in [-0.4, -0.2) is 82.4 Å². The Balaban J connectivity index is 1.63. The van der Waals surface area contributed by atoms with Crippen molar-refractivity contribution in [1.82, 2.24) is 15.5 Å². The number of carbonyl (C=O) groups is 3. The van der Waals surface area contributed by atoms with Crippen molar-refractivity contribution in [2.45, 2.75) is 33.3 Å². The summed E-state index contributed by atoms with van der Waals surface area (Å²) in [5.41, 5.74) is 1.12. The maximum absolute atomic E-state index is 15.7. The smallest absolute Gasteiger partial charge is 0.442 e. The Morgan fingerprint density at radius 1 is 1.22 bits per heavy atom. The van der Waals surface area contributed by atoms with Crippen LogP contribution in [0.3, 0.4) is 0 Å². The van der Waals surface area contributed by atoms with Gasteiger partial charge in [0.05, 0.1) is 19.6 Å². The standard InChI is InChI=1S/C20H22Br3F4N5O4/c1-18(24)10-30(6-7-32(18)15(29-11-33)19(21,22)23)12-2-4-13(5-3-12)31-9-14(36-17(31)35)8-28-16(34)20(25,26)27/h2-5,11,14-15H,6-10H2,1H3,(H,28,34)(H,29,33)/t14?,15?,18-/m1/s1. The van der Waals surface area contributed by atoms with E-state index >= 15 is 4.39 Å². The van der Waals surface area contributed by atoms with Crippen LogP contribution in [0.4, 0.5) is 33.7 Å². The molecule has 3 rings (SSSR count). The van der Waals surface area contributed by atoms with Crippen LogP contribution in [0.25, 0.3) is 0 Å². The number of hydrogen-bond donors (Lipinski definition) is 2. The van der Waals surface area contributed by atoms with Gasteiger partial charge in [-0.1, -0.05) is 47.8 Å². The number of ether oxygens (including phenoxy) is 1. The molecule has 0 saturated carbocycles. The third-order valence-electron chi connectivity index (χ3n) is 5.69. The minimum absolute atomic E-state index is 0.0147. The number of rotatable bonds is 7. The molecular weight excluding hydrogens is 690 g/mol. The van der Waals surface area contributed by atoms with Gasteiger partial charge in [-0.2, -0.15) is 13.2 Å². The summed E-state index contributed by atoms with van der Waals surface area (Å²) in [5.74, 6) is -3.94. The molecule has 36 heavy (non-hydrogen) atoms. The quantitative estimate of drug-likeness (QED) is 0.195. The zero-order valence-corrected chi connectivity index (χ0v) is 23.5. The molecule has 2 unspecified atom stereocenters. The van der Waals surface area contributed by atoms with Crippen LogP contribution in [0.1, 0.15) is 6.92 Å². The number of nitrogens with zero attached hydrogens (tertiary/aromatic N) is 3. The molecule has 9 nitrogen and oxygen atoms in total. The number of halogens is 7. The predicted molar refractivity (Wildman–Crippen MR) is 134 cm³/mol. The number of piperazine rings is 1. The zero-order chi connectivity index (χ0) is 26.9. The summed E-state index contributed by atoms with van der Waals surface area (Å²) in [6, 6.07) is 6.62. The molecule has 2 N–H and O–H groups in total. The average Bonchev–Trinajstić information content (AvgIpc) is 3.14. The maximum atomic E-state index is 15.7. The van der Waals surface area contributed by atoms with Gasteiger partial charge >= 0.3 is 18.2 Å². The van der Waals surface area contributed by atoms with Gasteiger partial charge in [-0.15, -0.1) is 0 Å². The number of benzene rings is 1. The molecule has 0 aromatic heterocycles. The Morgan fingerprint density at radius 3 is 2.36 bits per heavy atom. The van der Waals surface area contributed by atoms with Crippen LogP contribution in [0.15, 0.2) is 24.3 Å². The third kappa shape index (κ3) is 6.81. The molecule has 0 bridgehead atoms. The highest BCUT2D eigenvalue weighted by Crippen LogP contribution is 2.42. The van der Waals surface area contributed by atoms with Gasteiger partial charge in [0.2, 0.25) is 6.41 Å². The molecule has 0 radical (unpaired) electrons. The molecule has 2 aliphatic heterocycles. The first-order chi connectivity index (χ1) is 16.6. The van der Waals surface area contributed by atoms with Crippen molar-refractivity contribution in [3.63, 3.8) is 0 Å². The lowest BCUT2D eigenvalue weighted by Crippen LogP contribution is -2.67. The number of cyclic esters (lactones) is 1. The minimum Gasteiger partial charge on any atom is -0.442 e. The topological polar surface area (TPSA) is 94.2 Å². The van der Waals surface area contributed by atoms with E-state index in [0.717, 1.165) is 0 Å². The highest BCUT2D eigenvalue weighted by Gasteiger charge is 2.47. The van der Waals surface area contributed by atoms with E-state index in [4.69, 9.17) is 4.74 Å². The number of nitrogens with one attached hydrogen (secondary N) is 2. The van der Waals surface area contributed by atoms with E-state index in [1.54, 1.807) is 29.6 Å². The number of amides is 3. The van der Waals surface area contributed by atoms with Crippen molar-refractivity contribution < 1.29 is 36.7 Å². The van der Waals surface area contributed by atoms with Gasteiger partial charge < -0.3 is 20.3 Å². The SMILES string of the molecule is C[C@]1(F)CN(c2ccc(N3CC(CNC(=O)C(F)(F)F)OC3=O)cc2)CCN1C(NC=O)C(Br)(Br)Br. The lowest BCUT2D eigenvalue weighted by molar-refractivity contribution is -0.173. The number of carbonyl (C=O) groups excluding carboxylic acids is 3. The molecule has 2 fully saturated rings. The molecule has 2 saturated heterocycles. The monoisotopic (exact) mass is 709 g/mol. The van der Waals surface area contributed by atoms with Gasteiger partial charge in [-0.3, -0.25) is 14.5 Å². The predicted octanol–water partition coefficient (Wildman–Crippen LogP) is 3.41. The largest absolute Gasteiger partial charge is 0.471 e. The van der Waals surface area contributed by atoms with E-state index in [0.29, 0.717) is 24.3 Å². The molecule has 2 aliphatic rings. The van der Waals surface area contributed by atoms with Crippen LogP contribution in [0.2, 0.25) is 0 Å². The third-order valence-corrected chi connectivity index (χ3v) is 6.99. The lowest BCUT2D eigenvalue weighted by atomic mass is 10.1. The average molecular weight is 712 g/mol. The van der Waals surface area contributed by atoms with Gasteiger partial charge in [0.25, 0.3) is 0 Å². The Bertz CT molecular complexity index is 978. The second-order valence-corrected chi connectivity index (χ2v) is 15.3. The van der Waals surface area contributed by atoms with Gasteiger partial charge in [0.15, 0.2) is 7.94 Å². The van der Waals surface area contributed by atoms with Gasteiger partial charge in [0, 0.05) is 24.5 Å². The van der Waals surface area contributed by atoms with E-state index in [-0.39, 0.29) is 19.6 Å². The van der Waals surface area contributed by atoms with Crippen LogP contribution >= 0.6 is 47.8 Å². The fourth-order valence-electron chi connectivity index (χ4n) is 4.01. The van der Waals surface area contributed by atoms with Crippen molar-refractivity contribution in [1.29, 1.82) is 0 Å². The summed E-state index contributed by atoms with van der Waals surface area (Å²) in [7, 11) is 0. The molecule has 3 amide bonds. The van der Waals surface area contributed by atoms with E-state index < -0.39 is 44.9 Å². The fourth-order valence-corrected chi connectivity index (χ4v) is 5.15. The summed E-state index contributed by atoms with van der Waals surface area (Å²) in [6.07, 6.45) is -6.98. The van der Waals surface area contributed by atoms with Crippen molar-refractivity contribution in [3.05, 3.63) is 24.3 Å². The number of hydrogen-bond acceptors (Lipinski definition) is 6. The van der Waals surface area contributed by atoms with E-state index in [9.17, 15) is 27.6 Å². The van der Waals surface area contributed by atoms with Crippen molar-refractivity contribution in [3.8, 4) is 0 Å². The van der Waals surface area contributed by atoms with E-state index in [1.165, 1.54) is 16.7 Å². The fraction of sp³-hybridized carbons (Fsp3) is 0.550. The van der Waals surface area contributed by atoms with Crippen LogP contribution in [0, 0.1) is 0 Å². The molecule has 3 atom stereocenters. The van der Waals surface area contributed by atoms with Gasteiger partial charge in [-0.05, 0) is 31.2 Å². The summed E-state index contributed by atoms with van der Waals surface area (Å²) in [4.78, 5) is 38.8. The summed E-state index contributed by atoms with van der Waals surface area (Å²) < 4.78 is 56.8. The summed E-state index contributed by atoms with van der Waals surface area (Å²) in [5, 5.41) is 4.29. The van der Waals surface area contributed by atoms with Crippen LogP contribution in [0.5, 0.6) is 0 Å². The Morgan fingerprint density at radius 2 is 1.83 bits per heavy atom. The second-order valence-electron chi connectivity index (χ2n) is 8.33. The van der Waals surface area contributed by atoms with Crippen molar-refractivity contribution >= 4 is 77.6 Å². The molecule has 1 aromatic carbocycles. The highest BCUT2D eigenvalue weighted by atomic mass is 80.0. The van der Waals surface area contributed by atoms with E-state index in [2.05, 4.69) is 53.1 Å². The molecule has 0 spiro atoms. The molecule has 0 aliphatic carbocycles. The lowest BCUT2D eigenvalue weighted by Gasteiger charge is -2.49. The molecule has 1 aromatic rings. The Hall–Kier alpha value is -1.65. The van der Waals surface area contributed by atoms with E-state index in [1.807, 2.05) is 4.90 Å². The first kappa shape index (κ1) is 28.9. The highest BCUT2D eigenvalue weighted by molar-refractivity contribution is 9.39. The minimum atomic E-state index is -5.02. The number of anilines is 2. The van der Waals surface area contributed by atoms with Gasteiger partial charge in [0.1, 0.15) is 12.3 Å². The number of alkyl halides is 7. The first-order valence-corrected chi connectivity index (χ1v) is 12.9. The normalized spacial score (nSPS) is 24.3. The molecule has 200 valence electrons. The summed E-state index contributed by atoms with van der Waals surface area (Å²) in [6.45, 7) is 1.58. The van der Waals surface area contributed by atoms with Crippen LogP contribution < -0.4 is 20.4 Å². The maximum Gasteiger partial charge on any atom is 0.471 e. The molecular formula is C20H22Br3F4N5O4. The van der Waals surface area contributed by atoms with Crippen molar-refractivity contribution in [2.75, 3.05) is 42.5 Å². The second kappa shape index (κ2) is 11.0.